The average Bonchev–Trinajstić information content (AvgIpc) is 3.21. The lowest BCUT2D eigenvalue weighted by Crippen LogP contribution is -2.30. The molecule has 2 aromatic carbocycles. The van der Waals surface area contributed by atoms with E-state index in [-0.39, 0.29) is 29.1 Å². The van der Waals surface area contributed by atoms with Gasteiger partial charge in [0.05, 0.1) is 19.6 Å². The molecule has 1 aliphatic heterocycles. The first kappa shape index (κ1) is 20.0. The van der Waals surface area contributed by atoms with Crippen LogP contribution in [0.3, 0.4) is 0 Å². The molecule has 2 aromatic rings. The molecule has 1 N–H and O–H groups in total. The number of methoxy groups -OCH3 is 1. The van der Waals surface area contributed by atoms with Gasteiger partial charge in [-0.2, -0.15) is 13.2 Å². The van der Waals surface area contributed by atoms with Crippen LogP contribution in [0.25, 0.3) is 0 Å². The summed E-state index contributed by atoms with van der Waals surface area (Å²) in [4.78, 5) is 12.0. The molecule has 5 nitrogen and oxygen atoms in total. The zero-order chi connectivity index (χ0) is 20.1. The third-order valence-electron chi connectivity index (χ3n) is 4.41. The standard InChI is InChI=1S/C20H20F3NO4/c1-26-16-6-7-18(17(10-16)20(21,22)23)28-15-4-2-13(3-5-15)11-24-19(25)14-8-9-27-12-14/h2-7,10,14H,8-9,11-12H2,1H3,(H,24,25). The molecule has 150 valence electrons. The summed E-state index contributed by atoms with van der Waals surface area (Å²) in [5.74, 6) is -0.145. The van der Waals surface area contributed by atoms with Crippen LogP contribution >= 0.6 is 0 Å². The molecule has 0 radical (unpaired) electrons. The van der Waals surface area contributed by atoms with E-state index >= 15 is 0 Å². The molecule has 1 atom stereocenters. The lowest BCUT2D eigenvalue weighted by molar-refractivity contribution is -0.138. The summed E-state index contributed by atoms with van der Waals surface area (Å²) in [6.45, 7) is 1.35. The predicted molar refractivity (Wildman–Crippen MR) is 95.3 cm³/mol. The molecule has 28 heavy (non-hydrogen) atoms. The van der Waals surface area contributed by atoms with Crippen molar-refractivity contribution in [3.63, 3.8) is 0 Å². The minimum atomic E-state index is -4.57. The van der Waals surface area contributed by atoms with E-state index < -0.39 is 11.7 Å². The van der Waals surface area contributed by atoms with Gasteiger partial charge in [0.25, 0.3) is 0 Å². The van der Waals surface area contributed by atoms with Gasteiger partial charge in [-0.1, -0.05) is 12.1 Å². The zero-order valence-electron chi connectivity index (χ0n) is 15.2. The second-order valence-electron chi connectivity index (χ2n) is 6.38. The molecule has 1 heterocycles. The number of ether oxygens (including phenoxy) is 3. The Hall–Kier alpha value is -2.74. The van der Waals surface area contributed by atoms with Crippen molar-refractivity contribution in [1.82, 2.24) is 5.32 Å². The highest BCUT2D eigenvalue weighted by Gasteiger charge is 2.35. The van der Waals surface area contributed by atoms with E-state index in [1.165, 1.54) is 19.2 Å². The number of hydrogen-bond acceptors (Lipinski definition) is 4. The predicted octanol–water partition coefficient (Wildman–Crippen LogP) is 4.16. The molecule has 0 bridgehead atoms. The van der Waals surface area contributed by atoms with E-state index in [0.29, 0.717) is 26.2 Å². The van der Waals surface area contributed by atoms with Gasteiger partial charge >= 0.3 is 6.18 Å². The fourth-order valence-electron chi connectivity index (χ4n) is 2.82. The first-order valence-corrected chi connectivity index (χ1v) is 8.74. The number of amides is 1. The Kier molecular flexibility index (Phi) is 6.08. The summed E-state index contributed by atoms with van der Waals surface area (Å²) in [7, 11) is 1.30. The Morgan fingerprint density at radius 2 is 1.89 bits per heavy atom. The van der Waals surface area contributed by atoms with Crippen molar-refractivity contribution >= 4 is 5.91 Å². The summed E-state index contributed by atoms with van der Waals surface area (Å²) in [5, 5.41) is 2.83. The molecule has 3 rings (SSSR count). The van der Waals surface area contributed by atoms with Crippen molar-refractivity contribution in [2.45, 2.75) is 19.1 Å². The van der Waals surface area contributed by atoms with Gasteiger partial charge in [-0.3, -0.25) is 4.79 Å². The molecule has 0 saturated carbocycles. The maximum atomic E-state index is 13.3. The first-order valence-electron chi connectivity index (χ1n) is 8.74. The molecule has 1 fully saturated rings. The van der Waals surface area contributed by atoms with E-state index in [4.69, 9.17) is 14.2 Å². The second-order valence-corrected chi connectivity index (χ2v) is 6.38. The van der Waals surface area contributed by atoms with Crippen molar-refractivity contribution in [1.29, 1.82) is 0 Å². The van der Waals surface area contributed by atoms with E-state index in [1.54, 1.807) is 24.3 Å². The van der Waals surface area contributed by atoms with Crippen LogP contribution in [0.15, 0.2) is 42.5 Å². The third kappa shape index (κ3) is 4.95. The fourth-order valence-corrected chi connectivity index (χ4v) is 2.82. The largest absolute Gasteiger partial charge is 0.497 e. The number of halogens is 3. The van der Waals surface area contributed by atoms with Crippen LogP contribution in [0, 0.1) is 5.92 Å². The van der Waals surface area contributed by atoms with Gasteiger partial charge in [0.2, 0.25) is 5.91 Å². The van der Waals surface area contributed by atoms with Crippen molar-refractivity contribution in [3.05, 3.63) is 53.6 Å². The number of rotatable bonds is 6. The molecule has 1 unspecified atom stereocenters. The fraction of sp³-hybridized carbons (Fsp3) is 0.350. The molecule has 0 spiro atoms. The van der Waals surface area contributed by atoms with Crippen molar-refractivity contribution in [2.24, 2.45) is 5.92 Å². The highest BCUT2D eigenvalue weighted by atomic mass is 19.4. The number of alkyl halides is 3. The number of benzene rings is 2. The highest BCUT2D eigenvalue weighted by Crippen LogP contribution is 2.40. The van der Waals surface area contributed by atoms with Gasteiger partial charge in [0.1, 0.15) is 22.8 Å². The van der Waals surface area contributed by atoms with Crippen LogP contribution in [-0.4, -0.2) is 26.2 Å². The second kappa shape index (κ2) is 8.52. The smallest absolute Gasteiger partial charge is 0.420 e. The van der Waals surface area contributed by atoms with Gasteiger partial charge in [0, 0.05) is 13.2 Å². The number of nitrogens with one attached hydrogen (secondary N) is 1. The summed E-state index contributed by atoms with van der Waals surface area (Å²) in [6.07, 6.45) is -3.86. The first-order chi connectivity index (χ1) is 13.4. The maximum Gasteiger partial charge on any atom is 0.420 e. The van der Waals surface area contributed by atoms with E-state index in [1.807, 2.05) is 0 Å². The number of carbonyl (C=O) groups is 1. The van der Waals surface area contributed by atoms with Gasteiger partial charge in [-0.15, -0.1) is 0 Å². The van der Waals surface area contributed by atoms with Crippen LogP contribution in [0.5, 0.6) is 17.2 Å². The Bertz CT molecular complexity index is 815. The van der Waals surface area contributed by atoms with Crippen LogP contribution in [0.4, 0.5) is 13.2 Å². The Morgan fingerprint density at radius 3 is 2.50 bits per heavy atom. The maximum absolute atomic E-state index is 13.3. The molecule has 8 heteroatoms. The summed E-state index contributed by atoms with van der Waals surface area (Å²) >= 11 is 0. The van der Waals surface area contributed by atoms with Crippen molar-refractivity contribution in [3.8, 4) is 17.2 Å². The number of hydrogen-bond donors (Lipinski definition) is 1. The van der Waals surface area contributed by atoms with Crippen LogP contribution in [-0.2, 0) is 22.3 Å². The lowest BCUT2D eigenvalue weighted by atomic mass is 10.1. The SMILES string of the molecule is COc1ccc(Oc2ccc(CNC(=O)C3CCOC3)cc2)c(C(F)(F)F)c1. The molecular formula is C20H20F3NO4. The molecular weight excluding hydrogens is 375 g/mol. The molecule has 1 saturated heterocycles. The normalized spacial score (nSPS) is 16.6. The minimum absolute atomic E-state index is 0.0640. The van der Waals surface area contributed by atoms with Crippen molar-refractivity contribution < 1.29 is 32.2 Å². The molecule has 1 amide bonds. The van der Waals surface area contributed by atoms with E-state index in [2.05, 4.69) is 5.32 Å². The van der Waals surface area contributed by atoms with Crippen molar-refractivity contribution in [2.75, 3.05) is 20.3 Å². The minimum Gasteiger partial charge on any atom is -0.497 e. The van der Waals surface area contributed by atoms with E-state index in [9.17, 15) is 18.0 Å². The lowest BCUT2D eigenvalue weighted by Gasteiger charge is -2.15. The summed E-state index contributed by atoms with van der Waals surface area (Å²) in [5.41, 5.74) is -0.104. The third-order valence-corrected chi connectivity index (χ3v) is 4.41. The average molecular weight is 395 g/mol. The molecule has 0 aromatic heterocycles. The van der Waals surface area contributed by atoms with Crippen LogP contribution in [0.2, 0.25) is 0 Å². The Balaban J connectivity index is 1.65. The van der Waals surface area contributed by atoms with Gasteiger partial charge < -0.3 is 19.5 Å². The van der Waals surface area contributed by atoms with Crippen LogP contribution < -0.4 is 14.8 Å². The van der Waals surface area contributed by atoms with Crippen LogP contribution in [0.1, 0.15) is 17.5 Å². The summed E-state index contributed by atoms with van der Waals surface area (Å²) < 4.78 is 55.2. The topological polar surface area (TPSA) is 56.8 Å². The Morgan fingerprint density at radius 1 is 1.18 bits per heavy atom. The van der Waals surface area contributed by atoms with Gasteiger partial charge in [0.15, 0.2) is 0 Å². The van der Waals surface area contributed by atoms with Gasteiger partial charge in [-0.05, 0) is 42.3 Å². The number of carbonyl (C=O) groups excluding carboxylic acids is 1. The zero-order valence-corrected chi connectivity index (χ0v) is 15.2. The highest BCUT2D eigenvalue weighted by molar-refractivity contribution is 5.78. The van der Waals surface area contributed by atoms with Gasteiger partial charge in [-0.25, -0.2) is 0 Å². The summed E-state index contributed by atoms with van der Waals surface area (Å²) in [6, 6.07) is 10.0. The molecule has 0 aliphatic carbocycles. The van der Waals surface area contributed by atoms with E-state index in [0.717, 1.165) is 11.6 Å². The monoisotopic (exact) mass is 395 g/mol. The quantitative estimate of drug-likeness (QED) is 0.798. The Labute approximate surface area is 160 Å². The molecule has 1 aliphatic rings.